The van der Waals surface area contributed by atoms with Gasteiger partial charge in [-0.3, -0.25) is 4.40 Å². The molecule has 0 saturated heterocycles. The highest BCUT2D eigenvalue weighted by molar-refractivity contribution is 5.86. The molecule has 0 radical (unpaired) electrons. The van der Waals surface area contributed by atoms with Gasteiger partial charge in [-0.1, -0.05) is 60.6 Å². The fourth-order valence-electron chi connectivity index (χ4n) is 3.43. The van der Waals surface area contributed by atoms with E-state index in [0.717, 1.165) is 51.6 Å². The number of aromatic nitrogens is 6. The summed E-state index contributed by atoms with van der Waals surface area (Å²) in [6.07, 6.45) is 4.63. The monoisotopic (exact) mass is 459 g/mol. The smallest absolute Gasteiger partial charge is 0.222 e. The molecule has 4 heterocycles. The van der Waals surface area contributed by atoms with Crippen molar-refractivity contribution >= 4 is 22.6 Å². The molecule has 5 aromatic rings. The van der Waals surface area contributed by atoms with Crippen LogP contribution < -0.4 is 5.32 Å². The summed E-state index contributed by atoms with van der Waals surface area (Å²) >= 11 is 0. The van der Waals surface area contributed by atoms with E-state index >= 15 is 0 Å². The third kappa shape index (κ3) is 5.42. The number of rotatable bonds is 4. The maximum Gasteiger partial charge on any atom is 0.222 e. The Morgan fingerprint density at radius 1 is 0.912 bits per heavy atom. The van der Waals surface area contributed by atoms with Crippen LogP contribution in [0.1, 0.15) is 54.3 Å². The van der Waals surface area contributed by atoms with Crippen LogP contribution in [-0.4, -0.2) is 36.4 Å². The second kappa shape index (κ2) is 13.1. The first-order chi connectivity index (χ1) is 16.8. The van der Waals surface area contributed by atoms with Crippen molar-refractivity contribution in [3.05, 3.63) is 60.7 Å². The number of benzene rings is 1. The number of pyridine rings is 1. The normalized spacial score (nSPS) is 9.88. The summed E-state index contributed by atoms with van der Waals surface area (Å²) in [5.41, 5.74) is 6.48. The first kappa shape index (κ1) is 26.5. The lowest BCUT2D eigenvalue weighted by Crippen LogP contribution is -1.98. The van der Waals surface area contributed by atoms with Gasteiger partial charge in [0.15, 0.2) is 0 Å². The van der Waals surface area contributed by atoms with E-state index in [0.29, 0.717) is 5.95 Å². The fourth-order valence-corrected chi connectivity index (χ4v) is 3.43. The van der Waals surface area contributed by atoms with Crippen molar-refractivity contribution in [1.82, 2.24) is 29.3 Å². The van der Waals surface area contributed by atoms with Crippen molar-refractivity contribution < 1.29 is 0 Å². The zero-order valence-electron chi connectivity index (χ0n) is 21.6. The van der Waals surface area contributed by atoms with Crippen LogP contribution in [-0.2, 0) is 6.42 Å². The molecule has 4 aromatic heterocycles. The van der Waals surface area contributed by atoms with Crippen molar-refractivity contribution in [3.8, 4) is 22.6 Å². The van der Waals surface area contributed by atoms with Crippen LogP contribution in [0.25, 0.3) is 39.3 Å². The number of aromatic amines is 1. The molecule has 0 amide bonds. The van der Waals surface area contributed by atoms with Crippen molar-refractivity contribution in [3.63, 3.8) is 0 Å². The lowest BCUT2D eigenvalue weighted by atomic mass is 10.1. The lowest BCUT2D eigenvalue weighted by molar-refractivity contribution is 1.00. The van der Waals surface area contributed by atoms with E-state index in [4.69, 9.17) is 4.98 Å². The Labute approximate surface area is 202 Å². The van der Waals surface area contributed by atoms with Crippen LogP contribution >= 0.6 is 0 Å². The van der Waals surface area contributed by atoms with Crippen molar-refractivity contribution in [2.45, 2.75) is 54.9 Å². The maximum atomic E-state index is 4.90. The Morgan fingerprint density at radius 2 is 1.68 bits per heavy atom. The van der Waals surface area contributed by atoms with E-state index in [-0.39, 0.29) is 0 Å². The second-order valence-corrected chi connectivity index (χ2v) is 6.52. The summed E-state index contributed by atoms with van der Waals surface area (Å²) < 4.78 is 2.06. The molecule has 0 aliphatic heterocycles. The summed E-state index contributed by atoms with van der Waals surface area (Å²) in [6.45, 7) is 14.1. The van der Waals surface area contributed by atoms with E-state index in [1.165, 1.54) is 0 Å². The minimum Gasteiger partial charge on any atom is -0.357 e. The molecule has 2 N–H and O–H groups in total. The molecule has 0 atom stereocenters. The summed E-state index contributed by atoms with van der Waals surface area (Å²) in [7, 11) is 1.81. The predicted octanol–water partition coefficient (Wildman–Crippen LogP) is 7.02. The molecule has 180 valence electrons. The quantitative estimate of drug-likeness (QED) is 0.302. The Hall–Kier alpha value is -3.74. The van der Waals surface area contributed by atoms with Gasteiger partial charge in [0.1, 0.15) is 11.5 Å². The highest BCUT2D eigenvalue weighted by Crippen LogP contribution is 2.33. The van der Waals surface area contributed by atoms with Crippen LogP contribution in [0.15, 0.2) is 54.9 Å². The first-order valence-electron chi connectivity index (χ1n) is 12.2. The van der Waals surface area contributed by atoms with Crippen molar-refractivity contribution in [2.24, 2.45) is 0 Å². The SMILES string of the molecule is CC.CC.CC.CCc1nc2ccc(-c3nc4ccccn4c3-c3ccnc(NC)n3)cc2[nH]1. The van der Waals surface area contributed by atoms with Crippen LogP contribution in [0.5, 0.6) is 0 Å². The summed E-state index contributed by atoms with van der Waals surface area (Å²) in [5.74, 6) is 1.56. The van der Waals surface area contributed by atoms with Gasteiger partial charge in [0, 0.05) is 31.4 Å². The van der Waals surface area contributed by atoms with E-state index in [1.54, 1.807) is 6.20 Å². The van der Waals surface area contributed by atoms with E-state index in [2.05, 4.69) is 48.7 Å². The molecule has 0 bridgehead atoms. The maximum absolute atomic E-state index is 4.90. The minimum atomic E-state index is 0.575. The molecule has 0 saturated carbocycles. The second-order valence-electron chi connectivity index (χ2n) is 6.52. The molecule has 7 nitrogen and oxygen atoms in total. The highest BCUT2D eigenvalue weighted by atomic mass is 15.1. The van der Waals surface area contributed by atoms with Crippen LogP contribution in [0.3, 0.4) is 0 Å². The number of hydrogen-bond donors (Lipinski definition) is 2. The molecular formula is C27H37N7. The number of nitrogens with zero attached hydrogens (tertiary/aromatic N) is 5. The Morgan fingerprint density at radius 3 is 2.38 bits per heavy atom. The summed E-state index contributed by atoms with van der Waals surface area (Å²) in [6, 6.07) is 14.1. The number of anilines is 1. The number of hydrogen-bond acceptors (Lipinski definition) is 5. The molecule has 5 rings (SSSR count). The zero-order valence-corrected chi connectivity index (χ0v) is 21.6. The number of H-pyrrole nitrogens is 1. The fraction of sp³-hybridized carbons (Fsp3) is 0.333. The molecule has 1 aromatic carbocycles. The Balaban J connectivity index is 0.000000633. The van der Waals surface area contributed by atoms with Gasteiger partial charge in [-0.2, -0.15) is 0 Å². The molecular weight excluding hydrogens is 422 g/mol. The molecule has 34 heavy (non-hydrogen) atoms. The van der Waals surface area contributed by atoms with E-state index < -0.39 is 0 Å². The minimum absolute atomic E-state index is 0.575. The molecule has 0 fully saturated rings. The van der Waals surface area contributed by atoms with Gasteiger partial charge in [0.05, 0.1) is 28.1 Å². The standard InChI is InChI=1S/C21H19N7.3C2H6/c1-3-17-24-14-8-7-13(12-16(14)25-17)19-20(15-9-10-23-21(22-2)26-15)28-11-5-4-6-18(28)27-19;3*1-2/h4-12H,3H2,1-2H3,(H,24,25)(H,22,23,26);3*1-2H3. The molecule has 0 aliphatic carbocycles. The van der Waals surface area contributed by atoms with Crippen LogP contribution in [0, 0.1) is 0 Å². The van der Waals surface area contributed by atoms with Gasteiger partial charge in [0.2, 0.25) is 5.95 Å². The average molecular weight is 460 g/mol. The van der Waals surface area contributed by atoms with Gasteiger partial charge in [0.25, 0.3) is 0 Å². The Bertz CT molecular complexity index is 1300. The first-order valence-corrected chi connectivity index (χ1v) is 12.2. The number of nitrogens with one attached hydrogen (secondary N) is 2. The molecule has 0 aliphatic rings. The molecule has 7 heteroatoms. The number of imidazole rings is 2. The zero-order chi connectivity index (χ0) is 25.1. The number of fused-ring (bicyclic) bond motifs is 2. The third-order valence-corrected chi connectivity index (χ3v) is 4.79. The van der Waals surface area contributed by atoms with Gasteiger partial charge >= 0.3 is 0 Å². The predicted molar refractivity (Wildman–Crippen MR) is 144 cm³/mol. The molecule has 0 unspecified atom stereocenters. The number of aryl methyl sites for hydroxylation is 1. The summed E-state index contributed by atoms with van der Waals surface area (Å²) in [4.78, 5) is 21.8. The molecule has 0 spiro atoms. The summed E-state index contributed by atoms with van der Waals surface area (Å²) in [5, 5.41) is 3.00. The lowest BCUT2D eigenvalue weighted by Gasteiger charge is -2.06. The van der Waals surface area contributed by atoms with Crippen molar-refractivity contribution in [1.29, 1.82) is 0 Å². The topological polar surface area (TPSA) is 83.8 Å². The largest absolute Gasteiger partial charge is 0.357 e. The van der Waals surface area contributed by atoms with Gasteiger partial charge in [-0.25, -0.2) is 19.9 Å². The van der Waals surface area contributed by atoms with Gasteiger partial charge in [-0.05, 0) is 30.3 Å². The van der Waals surface area contributed by atoms with Gasteiger partial charge < -0.3 is 10.3 Å². The van der Waals surface area contributed by atoms with E-state index in [1.807, 2.05) is 85.1 Å². The third-order valence-electron chi connectivity index (χ3n) is 4.79. The van der Waals surface area contributed by atoms with Crippen molar-refractivity contribution in [2.75, 3.05) is 12.4 Å². The highest BCUT2D eigenvalue weighted by Gasteiger charge is 2.18. The van der Waals surface area contributed by atoms with E-state index in [9.17, 15) is 0 Å². The van der Waals surface area contributed by atoms with Crippen LogP contribution in [0.4, 0.5) is 5.95 Å². The average Bonchev–Trinajstić information content (AvgIpc) is 3.53. The van der Waals surface area contributed by atoms with Gasteiger partial charge in [-0.15, -0.1) is 0 Å². The van der Waals surface area contributed by atoms with Crippen LogP contribution in [0.2, 0.25) is 0 Å². The Kier molecular flexibility index (Phi) is 10.2.